The Morgan fingerprint density at radius 3 is 2.45 bits per heavy atom. The molecule has 1 heterocycles. The van der Waals surface area contributed by atoms with Gasteiger partial charge in [0.25, 0.3) is 0 Å². The number of para-hydroxylation sites is 1. The molecule has 0 aliphatic carbocycles. The Balaban J connectivity index is 1.73. The second kappa shape index (κ2) is 9.46. The maximum atomic E-state index is 12.7. The topological polar surface area (TPSA) is 62.6 Å². The molecule has 0 bridgehead atoms. The molecule has 3 aromatic rings. The minimum absolute atomic E-state index is 0.207. The molecule has 3 rings (SSSR count). The fourth-order valence-electron chi connectivity index (χ4n) is 2.85. The second-order valence-electron chi connectivity index (χ2n) is 6.92. The lowest BCUT2D eigenvalue weighted by Gasteiger charge is -2.13. The molecule has 1 aromatic heterocycles. The Labute approximate surface area is 178 Å². The van der Waals surface area contributed by atoms with Crippen molar-refractivity contribution in [2.75, 3.05) is 24.4 Å². The van der Waals surface area contributed by atoms with Crippen LogP contribution in [-0.4, -0.2) is 36.6 Å². The van der Waals surface area contributed by atoms with Crippen LogP contribution in [0.4, 0.5) is 24.7 Å². The summed E-state index contributed by atoms with van der Waals surface area (Å²) in [5.41, 5.74) is 5.51. The quantitative estimate of drug-likeness (QED) is 0.420. The number of nitrogens with one attached hydrogen (secondary N) is 1. The summed E-state index contributed by atoms with van der Waals surface area (Å²) in [6, 6.07) is 15.4. The molecule has 0 saturated carbocycles. The van der Waals surface area contributed by atoms with Gasteiger partial charge in [-0.3, -0.25) is 5.43 Å². The molecule has 0 unspecified atom stereocenters. The van der Waals surface area contributed by atoms with Gasteiger partial charge in [-0.1, -0.05) is 24.3 Å². The van der Waals surface area contributed by atoms with Crippen LogP contribution in [-0.2, 0) is 6.42 Å². The average Bonchev–Trinajstić information content (AvgIpc) is 2.70. The smallest absolute Gasteiger partial charge is 0.405 e. The number of hydrogen-bond donors (Lipinski definition) is 1. The predicted octanol–water partition coefficient (Wildman–Crippen LogP) is 5.06. The number of anilines is 2. The first-order chi connectivity index (χ1) is 14.7. The summed E-state index contributed by atoms with van der Waals surface area (Å²) in [4.78, 5) is 10.5. The van der Waals surface area contributed by atoms with E-state index in [4.69, 9.17) is 0 Å². The number of nitrogens with zero attached hydrogens (tertiary/aromatic N) is 4. The number of alkyl halides is 3. The largest absolute Gasteiger partial charge is 0.573 e. The molecule has 31 heavy (non-hydrogen) atoms. The van der Waals surface area contributed by atoms with E-state index >= 15 is 0 Å². The molecule has 0 aliphatic rings. The van der Waals surface area contributed by atoms with Gasteiger partial charge in [0.1, 0.15) is 17.4 Å². The molecular formula is C22H22F3N5O. The van der Waals surface area contributed by atoms with Crippen molar-refractivity contribution in [3.63, 3.8) is 0 Å². The van der Waals surface area contributed by atoms with Crippen molar-refractivity contribution < 1.29 is 17.9 Å². The Morgan fingerprint density at radius 1 is 1.06 bits per heavy atom. The summed E-state index contributed by atoms with van der Waals surface area (Å²) >= 11 is 0. The van der Waals surface area contributed by atoms with E-state index in [9.17, 15) is 13.2 Å². The monoisotopic (exact) mass is 429 g/mol. The maximum Gasteiger partial charge on any atom is 0.573 e. The normalized spacial score (nSPS) is 11.5. The minimum atomic E-state index is -4.80. The summed E-state index contributed by atoms with van der Waals surface area (Å²) in [5, 5.41) is 4.17. The molecule has 0 saturated heterocycles. The van der Waals surface area contributed by atoms with Crippen LogP contribution in [0.1, 0.15) is 11.4 Å². The third-order valence-corrected chi connectivity index (χ3v) is 4.28. The molecule has 162 valence electrons. The summed E-state index contributed by atoms with van der Waals surface area (Å²) in [6.07, 6.45) is -2.49. The molecule has 6 nitrogen and oxygen atoms in total. The molecule has 0 spiro atoms. The molecule has 0 amide bonds. The lowest BCUT2D eigenvalue weighted by molar-refractivity contribution is -0.274. The van der Waals surface area contributed by atoms with Crippen LogP contribution in [0.5, 0.6) is 5.75 Å². The molecule has 9 heteroatoms. The van der Waals surface area contributed by atoms with Gasteiger partial charge < -0.3 is 9.64 Å². The Kier molecular flexibility index (Phi) is 6.74. The molecule has 0 fully saturated rings. The highest BCUT2D eigenvalue weighted by Crippen LogP contribution is 2.33. The number of hydrogen-bond acceptors (Lipinski definition) is 6. The number of benzene rings is 2. The standard InChI is InChI=1S/C22H22F3N5O/c1-15-27-19(18-6-4-5-7-20(18)31-22(23,24)25)14-21(28-15)29-26-13-12-16-8-10-17(11-9-16)30(2)3/h4-11,13-14H,12H2,1-3H3,(H,27,28,29). The molecular weight excluding hydrogens is 407 g/mol. The SMILES string of the molecule is Cc1nc(NN=CCc2ccc(N(C)C)cc2)cc(-c2ccccc2OC(F)(F)F)n1. The highest BCUT2D eigenvalue weighted by molar-refractivity contribution is 5.70. The van der Waals surface area contributed by atoms with Gasteiger partial charge in [0.05, 0.1) is 5.69 Å². The average molecular weight is 429 g/mol. The first kappa shape index (κ1) is 22.1. The fourth-order valence-corrected chi connectivity index (χ4v) is 2.85. The molecule has 1 N–H and O–H groups in total. The van der Waals surface area contributed by atoms with Crippen molar-refractivity contribution in [2.24, 2.45) is 5.10 Å². The first-order valence-corrected chi connectivity index (χ1v) is 9.46. The third kappa shape index (κ3) is 6.43. The highest BCUT2D eigenvalue weighted by Gasteiger charge is 2.32. The lowest BCUT2D eigenvalue weighted by Crippen LogP contribution is -2.17. The van der Waals surface area contributed by atoms with E-state index in [2.05, 4.69) is 25.2 Å². The van der Waals surface area contributed by atoms with Crippen LogP contribution in [0.25, 0.3) is 11.3 Å². The van der Waals surface area contributed by atoms with Crippen LogP contribution in [0.2, 0.25) is 0 Å². The van der Waals surface area contributed by atoms with Gasteiger partial charge in [-0.25, -0.2) is 9.97 Å². The Bertz CT molecular complexity index is 1050. The van der Waals surface area contributed by atoms with Crippen molar-refractivity contribution in [1.82, 2.24) is 9.97 Å². The van der Waals surface area contributed by atoms with Crippen LogP contribution in [0.15, 0.2) is 59.7 Å². The van der Waals surface area contributed by atoms with Gasteiger partial charge in [0, 0.05) is 44.0 Å². The summed E-state index contributed by atoms with van der Waals surface area (Å²) < 4.78 is 42.3. The minimum Gasteiger partial charge on any atom is -0.405 e. The molecule has 2 aromatic carbocycles. The van der Waals surface area contributed by atoms with Crippen molar-refractivity contribution in [3.05, 3.63) is 66.0 Å². The number of ether oxygens (including phenoxy) is 1. The van der Waals surface area contributed by atoms with E-state index in [0.717, 1.165) is 11.3 Å². The zero-order valence-electron chi connectivity index (χ0n) is 17.3. The van der Waals surface area contributed by atoms with Gasteiger partial charge in [-0.05, 0) is 36.8 Å². The summed E-state index contributed by atoms with van der Waals surface area (Å²) in [6.45, 7) is 1.65. The summed E-state index contributed by atoms with van der Waals surface area (Å²) in [7, 11) is 3.96. The zero-order valence-corrected chi connectivity index (χ0v) is 17.3. The van der Waals surface area contributed by atoms with Crippen molar-refractivity contribution in [3.8, 4) is 17.0 Å². The van der Waals surface area contributed by atoms with Gasteiger partial charge in [0.15, 0.2) is 0 Å². The molecule has 0 atom stereocenters. The van der Waals surface area contributed by atoms with E-state index in [1.54, 1.807) is 19.2 Å². The van der Waals surface area contributed by atoms with E-state index in [1.807, 2.05) is 43.3 Å². The Hall–Kier alpha value is -3.62. The van der Waals surface area contributed by atoms with Gasteiger partial charge >= 0.3 is 6.36 Å². The summed E-state index contributed by atoms with van der Waals surface area (Å²) in [5.74, 6) is 0.420. The van der Waals surface area contributed by atoms with E-state index in [1.165, 1.54) is 24.3 Å². The van der Waals surface area contributed by atoms with Crippen LogP contribution >= 0.6 is 0 Å². The maximum absolute atomic E-state index is 12.7. The number of aromatic nitrogens is 2. The lowest BCUT2D eigenvalue weighted by atomic mass is 10.1. The molecule has 0 radical (unpaired) electrons. The fraction of sp³-hybridized carbons (Fsp3) is 0.227. The van der Waals surface area contributed by atoms with Gasteiger partial charge in [0.2, 0.25) is 0 Å². The number of aryl methyl sites for hydroxylation is 1. The van der Waals surface area contributed by atoms with Crippen molar-refractivity contribution in [1.29, 1.82) is 0 Å². The predicted molar refractivity (Wildman–Crippen MR) is 115 cm³/mol. The van der Waals surface area contributed by atoms with Crippen LogP contribution in [0, 0.1) is 6.92 Å². The zero-order chi connectivity index (χ0) is 22.4. The van der Waals surface area contributed by atoms with Gasteiger partial charge in [-0.15, -0.1) is 13.2 Å². The second-order valence-corrected chi connectivity index (χ2v) is 6.92. The number of hydrazone groups is 1. The number of halogens is 3. The van der Waals surface area contributed by atoms with Gasteiger partial charge in [-0.2, -0.15) is 5.10 Å². The third-order valence-electron chi connectivity index (χ3n) is 4.28. The Morgan fingerprint density at radius 2 is 1.77 bits per heavy atom. The van der Waals surface area contributed by atoms with Crippen LogP contribution < -0.4 is 15.1 Å². The van der Waals surface area contributed by atoms with E-state index in [0.29, 0.717) is 23.8 Å². The van der Waals surface area contributed by atoms with Crippen molar-refractivity contribution >= 4 is 17.7 Å². The van der Waals surface area contributed by atoms with E-state index in [-0.39, 0.29) is 11.3 Å². The number of rotatable bonds is 7. The van der Waals surface area contributed by atoms with E-state index < -0.39 is 6.36 Å². The van der Waals surface area contributed by atoms with Crippen molar-refractivity contribution in [2.45, 2.75) is 19.7 Å². The molecule has 0 aliphatic heterocycles. The van der Waals surface area contributed by atoms with Crippen LogP contribution in [0.3, 0.4) is 0 Å². The highest BCUT2D eigenvalue weighted by atomic mass is 19.4. The first-order valence-electron chi connectivity index (χ1n) is 9.46.